The van der Waals surface area contributed by atoms with Crippen LogP contribution in [0.1, 0.15) is 27.2 Å². The molecule has 0 rings (SSSR count). The topological polar surface area (TPSA) is 66.0 Å². The summed E-state index contributed by atoms with van der Waals surface area (Å²) >= 11 is 0. The summed E-state index contributed by atoms with van der Waals surface area (Å²) in [6.07, 6.45) is 9.98. The second kappa shape index (κ2) is 18.0. The molecule has 6 nitrogen and oxygen atoms in total. The van der Waals surface area contributed by atoms with Crippen molar-refractivity contribution in [3.05, 3.63) is 0 Å². The number of alkyl carbamates (subject to hydrolysis) is 1. The van der Waals surface area contributed by atoms with Crippen LogP contribution in [0.5, 0.6) is 0 Å². The maximum absolute atomic E-state index is 11.2. The number of nitrogens with one attached hydrogen (secondary N) is 1. The fraction of sp³-hybridized carbons (Fsp3) is 0.688. The van der Waals surface area contributed by atoms with Gasteiger partial charge in [0.2, 0.25) is 0 Å². The van der Waals surface area contributed by atoms with Crippen molar-refractivity contribution in [2.75, 3.05) is 33.0 Å². The van der Waals surface area contributed by atoms with Gasteiger partial charge in [-0.1, -0.05) is 5.92 Å². The maximum Gasteiger partial charge on any atom is 0.500 e. The molecule has 0 fully saturated rings. The van der Waals surface area contributed by atoms with Crippen molar-refractivity contribution >= 4 is 25.1 Å². The van der Waals surface area contributed by atoms with Crippen LogP contribution < -0.4 is 5.32 Å². The highest BCUT2D eigenvalue weighted by Gasteiger charge is 2.39. The fourth-order valence-electron chi connectivity index (χ4n) is 1.65. The van der Waals surface area contributed by atoms with E-state index in [9.17, 15) is 4.79 Å². The summed E-state index contributed by atoms with van der Waals surface area (Å²) in [4.78, 5) is 11.2. The molecule has 0 saturated heterocycles. The zero-order chi connectivity index (χ0) is 18.7. The second-order valence-corrected chi connectivity index (χ2v) is 7.79. The molecule has 8 heteroatoms. The highest BCUT2D eigenvalue weighted by Crippen LogP contribution is 2.17. The van der Waals surface area contributed by atoms with Crippen molar-refractivity contribution in [3.8, 4) is 24.7 Å². The third-order valence-electron chi connectivity index (χ3n) is 2.51. The van der Waals surface area contributed by atoms with E-state index < -0.39 is 14.9 Å². The van der Waals surface area contributed by atoms with Crippen molar-refractivity contribution in [3.63, 3.8) is 0 Å². The molecule has 0 spiro atoms. The van der Waals surface area contributed by atoms with E-state index >= 15 is 0 Å². The third-order valence-corrected chi connectivity index (χ3v) is 6.07. The Kier molecular flexibility index (Phi) is 18.8. The quantitative estimate of drug-likeness (QED) is 0.335. The second-order valence-electron chi connectivity index (χ2n) is 4.35. The molecule has 0 aliphatic heterocycles. The largest absolute Gasteiger partial charge is 0.500 e. The highest BCUT2D eigenvalue weighted by atomic mass is 28.4. The molecule has 0 aliphatic carbocycles. The minimum Gasteiger partial charge on any atom is -0.436 e. The van der Waals surface area contributed by atoms with Crippen LogP contribution >= 0.6 is 0 Å². The molecule has 0 bridgehead atoms. The Bertz CT molecular complexity index is 376. The van der Waals surface area contributed by atoms with Gasteiger partial charge in [0.25, 0.3) is 0 Å². The first-order valence-electron chi connectivity index (χ1n) is 8.25. The van der Waals surface area contributed by atoms with Crippen molar-refractivity contribution in [2.45, 2.75) is 39.3 Å². The van der Waals surface area contributed by atoms with E-state index in [0.717, 1.165) is 16.3 Å². The van der Waals surface area contributed by atoms with Crippen LogP contribution in [0.25, 0.3) is 0 Å². The first-order chi connectivity index (χ1) is 11.6. The Hall–Kier alpha value is -1.30. The number of ether oxygens (including phenoxy) is 1. The van der Waals surface area contributed by atoms with Gasteiger partial charge in [0, 0.05) is 42.7 Å². The molecule has 0 aromatic carbocycles. The first-order valence-corrected chi connectivity index (χ1v) is 11.6. The molecule has 0 saturated carbocycles. The number of rotatable bonds is 11. The number of carbonyl (C=O) groups is 1. The Balaban J connectivity index is 0. The number of hydrogen-bond donors (Lipinski definition) is 1. The van der Waals surface area contributed by atoms with E-state index in [4.69, 9.17) is 30.9 Å². The zero-order valence-corrected chi connectivity index (χ0v) is 18.4. The summed E-state index contributed by atoms with van der Waals surface area (Å²) in [5.41, 5.74) is 0. The van der Waals surface area contributed by atoms with Gasteiger partial charge in [0.05, 0.1) is 0 Å². The van der Waals surface area contributed by atoms with E-state index in [-0.39, 0.29) is 6.61 Å². The van der Waals surface area contributed by atoms with Crippen LogP contribution in [0.2, 0.25) is 12.1 Å². The van der Waals surface area contributed by atoms with Gasteiger partial charge >= 0.3 is 14.9 Å². The summed E-state index contributed by atoms with van der Waals surface area (Å²) in [6.45, 7) is 7.81. The maximum atomic E-state index is 11.2. The number of terminal acetylenes is 2. The summed E-state index contributed by atoms with van der Waals surface area (Å²) < 4.78 is 21.8. The number of carbonyl (C=O) groups excluding carboxylic acids is 1. The Morgan fingerprint density at radius 1 is 1.08 bits per heavy atom. The molecule has 0 aromatic heterocycles. The molecule has 24 heavy (non-hydrogen) atoms. The summed E-state index contributed by atoms with van der Waals surface area (Å²) in [6, 6.07) is 1.64. The normalized spacial score (nSPS) is 10.0. The van der Waals surface area contributed by atoms with Crippen LogP contribution in [-0.2, 0) is 18.0 Å². The van der Waals surface area contributed by atoms with Gasteiger partial charge < -0.3 is 23.3 Å². The molecule has 1 amide bonds. The minimum absolute atomic E-state index is 0.0264. The van der Waals surface area contributed by atoms with E-state index in [2.05, 4.69) is 17.2 Å². The summed E-state index contributed by atoms with van der Waals surface area (Å²) in [5.74, 6) is 4.72. The average molecular weight is 374 g/mol. The van der Waals surface area contributed by atoms with E-state index in [1.807, 2.05) is 20.8 Å². The lowest BCUT2D eigenvalue weighted by Crippen LogP contribution is -2.46. The molecule has 138 valence electrons. The molecule has 0 unspecified atom stereocenters. The predicted molar refractivity (Wildman–Crippen MR) is 102 cm³/mol. The van der Waals surface area contributed by atoms with Crippen LogP contribution in [0.3, 0.4) is 0 Å². The summed E-state index contributed by atoms with van der Waals surface area (Å²) in [5, 5.41) is 2.62. The Morgan fingerprint density at radius 2 is 1.58 bits per heavy atom. The standard InChI is InChI=1S/C13H25NO5Si.C3H6Si/c1-5-11-16-13(15)14-10-9-12-20(17-6-2,18-7-3)19-8-4;1-2-3-4/h1H,6-12H2,2-4H3,(H,14,15);1H,3H2,4H3. The van der Waals surface area contributed by atoms with Crippen molar-refractivity contribution in [1.29, 1.82) is 0 Å². The Labute approximate surface area is 150 Å². The summed E-state index contributed by atoms with van der Waals surface area (Å²) in [7, 11) is -1.46. The lowest BCUT2D eigenvalue weighted by atomic mass is 10.5. The molecule has 0 aromatic rings. The van der Waals surface area contributed by atoms with Gasteiger partial charge in [0.1, 0.15) is 0 Å². The lowest BCUT2D eigenvalue weighted by molar-refractivity contribution is 0.0707. The van der Waals surface area contributed by atoms with E-state index in [1.54, 1.807) is 0 Å². The highest BCUT2D eigenvalue weighted by molar-refractivity contribution is 6.60. The van der Waals surface area contributed by atoms with Gasteiger partial charge in [-0.3, -0.25) is 0 Å². The molecular weight excluding hydrogens is 342 g/mol. The molecule has 0 heterocycles. The smallest absolute Gasteiger partial charge is 0.436 e. The predicted octanol–water partition coefficient (Wildman–Crippen LogP) is 1.19. The van der Waals surface area contributed by atoms with Gasteiger partial charge in [-0.15, -0.1) is 18.8 Å². The molecular formula is C16H31NO5Si2. The van der Waals surface area contributed by atoms with Crippen LogP contribution in [0.4, 0.5) is 4.79 Å². The van der Waals surface area contributed by atoms with Gasteiger partial charge in [-0.25, -0.2) is 4.79 Å². The molecule has 0 atom stereocenters. The fourth-order valence-corrected chi connectivity index (χ4v) is 4.27. The number of hydrogen-bond acceptors (Lipinski definition) is 5. The Morgan fingerprint density at radius 3 is 1.96 bits per heavy atom. The van der Waals surface area contributed by atoms with Crippen LogP contribution in [0, 0.1) is 24.7 Å². The molecule has 0 aliphatic rings. The molecule has 0 radical (unpaired) electrons. The lowest BCUT2D eigenvalue weighted by Gasteiger charge is -2.28. The SMILES string of the molecule is C#CCOC(=O)NCCC[Si](OCC)(OCC)OCC.C#CC[SiH3]. The monoisotopic (exact) mass is 373 g/mol. The average Bonchev–Trinajstić information content (AvgIpc) is 2.58. The van der Waals surface area contributed by atoms with Crippen molar-refractivity contribution < 1.29 is 22.8 Å². The van der Waals surface area contributed by atoms with Crippen LogP contribution in [-0.4, -0.2) is 58.1 Å². The van der Waals surface area contributed by atoms with Gasteiger partial charge in [-0.05, 0) is 33.2 Å². The third kappa shape index (κ3) is 14.3. The zero-order valence-electron chi connectivity index (χ0n) is 15.4. The van der Waals surface area contributed by atoms with Gasteiger partial charge in [0.15, 0.2) is 6.61 Å². The van der Waals surface area contributed by atoms with E-state index in [0.29, 0.717) is 38.8 Å². The minimum atomic E-state index is -2.62. The van der Waals surface area contributed by atoms with E-state index in [1.165, 1.54) is 0 Å². The van der Waals surface area contributed by atoms with Crippen molar-refractivity contribution in [1.82, 2.24) is 5.32 Å². The van der Waals surface area contributed by atoms with Crippen molar-refractivity contribution in [2.24, 2.45) is 0 Å². The first kappa shape index (κ1) is 24.9. The molecule has 1 N–H and O–H groups in total. The number of amides is 1. The van der Waals surface area contributed by atoms with Gasteiger partial charge in [-0.2, -0.15) is 0 Å². The van der Waals surface area contributed by atoms with Crippen LogP contribution in [0.15, 0.2) is 0 Å².